The van der Waals surface area contributed by atoms with Gasteiger partial charge in [-0.15, -0.1) is 0 Å². The van der Waals surface area contributed by atoms with Gasteiger partial charge in [0.1, 0.15) is 5.82 Å². The third-order valence-electron chi connectivity index (χ3n) is 4.92. The zero-order valence-corrected chi connectivity index (χ0v) is 14.5. The summed E-state index contributed by atoms with van der Waals surface area (Å²) in [5.74, 6) is -0.202. The molecule has 1 saturated heterocycles. The van der Waals surface area contributed by atoms with E-state index >= 15 is 0 Å². The van der Waals surface area contributed by atoms with E-state index in [1.807, 2.05) is 36.4 Å². The maximum Gasteiger partial charge on any atom is 0.255 e. The van der Waals surface area contributed by atoms with E-state index in [0.717, 1.165) is 48.6 Å². The predicted molar refractivity (Wildman–Crippen MR) is 93.2 cm³/mol. The van der Waals surface area contributed by atoms with Crippen LogP contribution in [-0.4, -0.2) is 41.6 Å². The lowest BCUT2D eigenvalue weighted by Crippen LogP contribution is -2.44. The molecular weight excluding hydrogens is 305 g/mol. The SMILES string of the molecule is Cc1cc(C(=O)N(C)C2CCNCC2)c(C)n1-c1ccc(F)cc1. The van der Waals surface area contributed by atoms with Crippen molar-refractivity contribution in [1.82, 2.24) is 14.8 Å². The number of aryl methyl sites for hydroxylation is 1. The summed E-state index contributed by atoms with van der Waals surface area (Å²) in [6, 6.07) is 8.57. The monoisotopic (exact) mass is 329 g/mol. The van der Waals surface area contributed by atoms with Crippen molar-refractivity contribution >= 4 is 5.91 Å². The van der Waals surface area contributed by atoms with Crippen molar-refractivity contribution in [2.45, 2.75) is 32.7 Å². The molecule has 0 unspecified atom stereocenters. The molecule has 1 aromatic carbocycles. The van der Waals surface area contributed by atoms with E-state index in [1.165, 1.54) is 12.1 Å². The van der Waals surface area contributed by atoms with E-state index in [-0.39, 0.29) is 17.8 Å². The summed E-state index contributed by atoms with van der Waals surface area (Å²) < 4.78 is 15.2. The molecular formula is C19H24FN3O. The fourth-order valence-electron chi connectivity index (χ4n) is 3.52. The molecule has 0 saturated carbocycles. The number of hydrogen-bond acceptors (Lipinski definition) is 2. The van der Waals surface area contributed by atoms with Crippen molar-refractivity contribution in [2.24, 2.45) is 0 Å². The first kappa shape index (κ1) is 16.7. The van der Waals surface area contributed by atoms with Gasteiger partial charge in [0.25, 0.3) is 5.91 Å². The molecule has 2 aromatic rings. The van der Waals surface area contributed by atoms with Crippen LogP contribution in [0.15, 0.2) is 30.3 Å². The van der Waals surface area contributed by atoms with E-state index in [1.54, 1.807) is 12.1 Å². The maximum absolute atomic E-state index is 13.2. The molecule has 1 aliphatic rings. The summed E-state index contributed by atoms with van der Waals surface area (Å²) in [5, 5.41) is 3.33. The zero-order valence-electron chi connectivity index (χ0n) is 14.5. The fourth-order valence-corrected chi connectivity index (χ4v) is 3.52. The Morgan fingerprint density at radius 1 is 1.21 bits per heavy atom. The number of halogens is 1. The second-order valence-corrected chi connectivity index (χ2v) is 6.49. The number of carbonyl (C=O) groups excluding carboxylic acids is 1. The van der Waals surface area contributed by atoms with E-state index in [4.69, 9.17) is 0 Å². The molecule has 24 heavy (non-hydrogen) atoms. The number of piperidine rings is 1. The maximum atomic E-state index is 13.2. The summed E-state index contributed by atoms with van der Waals surface area (Å²) >= 11 is 0. The van der Waals surface area contributed by atoms with Crippen molar-refractivity contribution < 1.29 is 9.18 Å². The smallest absolute Gasteiger partial charge is 0.255 e. The Morgan fingerprint density at radius 2 is 1.83 bits per heavy atom. The number of nitrogens with one attached hydrogen (secondary N) is 1. The highest BCUT2D eigenvalue weighted by Crippen LogP contribution is 2.23. The van der Waals surface area contributed by atoms with Gasteiger partial charge in [-0.05, 0) is 70.1 Å². The van der Waals surface area contributed by atoms with Gasteiger partial charge in [0, 0.05) is 30.2 Å². The molecule has 0 aliphatic carbocycles. The van der Waals surface area contributed by atoms with E-state index < -0.39 is 0 Å². The highest BCUT2D eigenvalue weighted by atomic mass is 19.1. The zero-order chi connectivity index (χ0) is 17.3. The Morgan fingerprint density at radius 3 is 2.46 bits per heavy atom. The third-order valence-corrected chi connectivity index (χ3v) is 4.92. The lowest BCUT2D eigenvalue weighted by atomic mass is 10.0. The van der Waals surface area contributed by atoms with Gasteiger partial charge in [-0.25, -0.2) is 4.39 Å². The number of rotatable bonds is 3. The predicted octanol–water partition coefficient (Wildman–Crippen LogP) is 3.06. The number of aromatic nitrogens is 1. The van der Waals surface area contributed by atoms with Crippen LogP contribution in [0.1, 0.15) is 34.6 Å². The lowest BCUT2D eigenvalue weighted by molar-refractivity contribution is 0.0702. The van der Waals surface area contributed by atoms with E-state index in [9.17, 15) is 9.18 Å². The molecule has 0 bridgehead atoms. The molecule has 0 atom stereocenters. The Balaban J connectivity index is 1.90. The molecule has 0 spiro atoms. The first-order valence-electron chi connectivity index (χ1n) is 8.42. The summed E-state index contributed by atoms with van der Waals surface area (Å²) in [5.41, 5.74) is 3.46. The van der Waals surface area contributed by atoms with Crippen LogP contribution in [0.4, 0.5) is 4.39 Å². The van der Waals surface area contributed by atoms with E-state index in [2.05, 4.69) is 5.32 Å². The van der Waals surface area contributed by atoms with Gasteiger partial charge < -0.3 is 14.8 Å². The topological polar surface area (TPSA) is 37.3 Å². The normalized spacial score (nSPS) is 15.5. The largest absolute Gasteiger partial charge is 0.339 e. The van der Waals surface area contributed by atoms with Gasteiger partial charge >= 0.3 is 0 Å². The molecule has 1 N–H and O–H groups in total. The van der Waals surface area contributed by atoms with Gasteiger partial charge in [-0.2, -0.15) is 0 Å². The van der Waals surface area contributed by atoms with Crippen molar-refractivity contribution in [2.75, 3.05) is 20.1 Å². The summed E-state index contributed by atoms with van der Waals surface area (Å²) in [6.45, 7) is 5.82. The van der Waals surface area contributed by atoms with Crippen molar-refractivity contribution in [3.05, 3.63) is 53.1 Å². The first-order chi connectivity index (χ1) is 11.5. The van der Waals surface area contributed by atoms with Gasteiger partial charge in [-0.1, -0.05) is 0 Å². The summed E-state index contributed by atoms with van der Waals surface area (Å²) in [4.78, 5) is 14.8. The van der Waals surface area contributed by atoms with Gasteiger partial charge in [-0.3, -0.25) is 4.79 Å². The second-order valence-electron chi connectivity index (χ2n) is 6.49. The van der Waals surface area contributed by atoms with Crippen LogP contribution in [0.3, 0.4) is 0 Å². The van der Waals surface area contributed by atoms with Gasteiger partial charge in [0.15, 0.2) is 0 Å². The number of benzene rings is 1. The number of hydrogen-bond donors (Lipinski definition) is 1. The number of nitrogens with zero attached hydrogens (tertiary/aromatic N) is 2. The van der Waals surface area contributed by atoms with Crippen LogP contribution < -0.4 is 5.32 Å². The van der Waals surface area contributed by atoms with Crippen LogP contribution in [0.2, 0.25) is 0 Å². The van der Waals surface area contributed by atoms with Crippen molar-refractivity contribution in [3.63, 3.8) is 0 Å². The standard InChI is InChI=1S/C19H24FN3O/c1-13-12-18(19(24)22(3)16-8-10-21-11-9-16)14(2)23(13)17-6-4-15(20)5-7-17/h4-7,12,16,21H,8-11H2,1-3H3. The van der Waals surface area contributed by atoms with Crippen LogP contribution in [0, 0.1) is 19.7 Å². The molecule has 1 aliphatic heterocycles. The molecule has 0 radical (unpaired) electrons. The molecule has 128 valence electrons. The number of carbonyl (C=O) groups is 1. The first-order valence-corrected chi connectivity index (χ1v) is 8.42. The molecule has 1 fully saturated rings. The Hall–Kier alpha value is -2.14. The minimum atomic E-state index is -0.261. The summed E-state index contributed by atoms with van der Waals surface area (Å²) in [7, 11) is 1.89. The highest BCUT2D eigenvalue weighted by Gasteiger charge is 2.25. The Labute approximate surface area is 142 Å². The van der Waals surface area contributed by atoms with Crippen LogP contribution >= 0.6 is 0 Å². The highest BCUT2D eigenvalue weighted by molar-refractivity contribution is 5.96. The second kappa shape index (κ2) is 6.77. The van der Waals surface area contributed by atoms with Crippen LogP contribution in [0.25, 0.3) is 5.69 Å². The quantitative estimate of drug-likeness (QED) is 0.940. The molecule has 3 rings (SSSR count). The Bertz CT molecular complexity index is 730. The van der Waals surface area contributed by atoms with Crippen LogP contribution in [-0.2, 0) is 0 Å². The molecule has 1 amide bonds. The minimum absolute atomic E-state index is 0.0587. The summed E-state index contributed by atoms with van der Waals surface area (Å²) in [6.07, 6.45) is 1.97. The molecule has 4 nitrogen and oxygen atoms in total. The van der Waals surface area contributed by atoms with Gasteiger partial charge in [0.2, 0.25) is 0 Å². The average molecular weight is 329 g/mol. The van der Waals surface area contributed by atoms with Crippen molar-refractivity contribution in [3.8, 4) is 5.69 Å². The van der Waals surface area contributed by atoms with Crippen LogP contribution in [0.5, 0.6) is 0 Å². The fraction of sp³-hybridized carbons (Fsp3) is 0.421. The lowest BCUT2D eigenvalue weighted by Gasteiger charge is -2.31. The van der Waals surface area contributed by atoms with Gasteiger partial charge in [0.05, 0.1) is 5.56 Å². The average Bonchev–Trinajstić information content (AvgIpc) is 2.90. The van der Waals surface area contributed by atoms with Crippen molar-refractivity contribution in [1.29, 1.82) is 0 Å². The van der Waals surface area contributed by atoms with E-state index in [0.29, 0.717) is 0 Å². The third kappa shape index (κ3) is 3.08. The minimum Gasteiger partial charge on any atom is -0.339 e. The number of amides is 1. The molecule has 2 heterocycles. The molecule has 1 aromatic heterocycles. The Kier molecular flexibility index (Phi) is 4.71. The molecule has 5 heteroatoms.